The Labute approximate surface area is 195 Å². The maximum absolute atomic E-state index is 5.52. The molecule has 2 N–H and O–H groups in total. The van der Waals surface area contributed by atoms with E-state index in [0.29, 0.717) is 12.5 Å². The summed E-state index contributed by atoms with van der Waals surface area (Å²) in [7, 11) is 1.72. The van der Waals surface area contributed by atoms with Crippen molar-refractivity contribution in [2.24, 2.45) is 0 Å². The molecule has 1 aliphatic heterocycles. The summed E-state index contributed by atoms with van der Waals surface area (Å²) in [6, 6.07) is 10.3. The van der Waals surface area contributed by atoms with Gasteiger partial charge in [-0.2, -0.15) is 0 Å². The van der Waals surface area contributed by atoms with Gasteiger partial charge in [0, 0.05) is 41.3 Å². The van der Waals surface area contributed by atoms with Crippen LogP contribution < -0.4 is 15.4 Å². The summed E-state index contributed by atoms with van der Waals surface area (Å²) < 4.78 is 5.52. The second kappa shape index (κ2) is 10.1. The summed E-state index contributed by atoms with van der Waals surface area (Å²) in [5.74, 6) is 2.28. The average Bonchev–Trinajstić information content (AvgIpc) is 2.98. The number of rotatable bonds is 8. The van der Waals surface area contributed by atoms with Gasteiger partial charge in [-0.1, -0.05) is 37.8 Å². The van der Waals surface area contributed by atoms with Gasteiger partial charge < -0.3 is 15.4 Å². The molecule has 6 nitrogen and oxygen atoms in total. The number of aromatic nitrogens is 3. The van der Waals surface area contributed by atoms with Crippen LogP contribution >= 0.6 is 0 Å². The summed E-state index contributed by atoms with van der Waals surface area (Å²) >= 11 is 0. The van der Waals surface area contributed by atoms with Crippen molar-refractivity contribution in [3.8, 4) is 17.0 Å². The Kier molecular flexibility index (Phi) is 6.83. The molecule has 4 rings (SSSR count). The number of allylic oxidation sites excluding steroid dienone is 4. The van der Waals surface area contributed by atoms with E-state index in [9.17, 15) is 0 Å². The van der Waals surface area contributed by atoms with Crippen LogP contribution in [0.3, 0.4) is 0 Å². The van der Waals surface area contributed by atoms with Crippen LogP contribution in [0.25, 0.3) is 16.8 Å². The number of ether oxygens (including phenoxy) is 1. The van der Waals surface area contributed by atoms with Crippen molar-refractivity contribution in [1.82, 2.24) is 15.0 Å². The first-order valence-corrected chi connectivity index (χ1v) is 11.2. The molecule has 0 unspecified atom stereocenters. The lowest BCUT2D eigenvalue weighted by Crippen LogP contribution is -2.09. The first-order valence-electron chi connectivity index (χ1n) is 11.2. The van der Waals surface area contributed by atoms with Gasteiger partial charge in [-0.05, 0) is 55.2 Å². The summed E-state index contributed by atoms with van der Waals surface area (Å²) in [6.07, 6.45) is 11.3. The summed E-state index contributed by atoms with van der Waals surface area (Å²) in [5.41, 5.74) is 6.98. The van der Waals surface area contributed by atoms with Gasteiger partial charge in [0.05, 0.1) is 12.8 Å². The Morgan fingerprint density at radius 1 is 1.18 bits per heavy atom. The third-order valence-corrected chi connectivity index (χ3v) is 5.65. The number of nitrogens with zero attached hydrogens (tertiary/aromatic N) is 3. The number of benzene rings is 1. The molecule has 3 aromatic rings. The highest BCUT2D eigenvalue weighted by molar-refractivity contribution is 5.93. The smallest absolute Gasteiger partial charge is 0.223 e. The fraction of sp³-hybridized carbons (Fsp3) is 0.222. The lowest BCUT2D eigenvalue weighted by atomic mass is 10.0. The predicted octanol–water partition coefficient (Wildman–Crippen LogP) is 5.66. The van der Waals surface area contributed by atoms with Crippen LogP contribution in [-0.2, 0) is 12.8 Å². The highest BCUT2D eigenvalue weighted by Gasteiger charge is 2.21. The van der Waals surface area contributed by atoms with E-state index in [2.05, 4.69) is 52.3 Å². The van der Waals surface area contributed by atoms with Gasteiger partial charge in [0.2, 0.25) is 5.95 Å². The number of pyridine rings is 1. The van der Waals surface area contributed by atoms with Gasteiger partial charge >= 0.3 is 0 Å². The van der Waals surface area contributed by atoms with Crippen LogP contribution in [0.15, 0.2) is 73.2 Å². The monoisotopic (exact) mass is 439 g/mol. The number of nitrogens with one attached hydrogen (secondary N) is 2. The van der Waals surface area contributed by atoms with Crippen LogP contribution in [0.1, 0.15) is 30.5 Å². The molecule has 0 spiro atoms. The van der Waals surface area contributed by atoms with Crippen LogP contribution in [0.2, 0.25) is 0 Å². The second-order valence-corrected chi connectivity index (χ2v) is 7.69. The van der Waals surface area contributed by atoms with Crippen molar-refractivity contribution < 1.29 is 4.74 Å². The number of fused-ring (bicyclic) bond motifs is 3. The van der Waals surface area contributed by atoms with Crippen LogP contribution in [0.5, 0.6) is 5.75 Å². The highest BCUT2D eigenvalue weighted by atomic mass is 16.5. The molecule has 0 aliphatic carbocycles. The van der Waals surface area contributed by atoms with E-state index >= 15 is 0 Å². The largest absolute Gasteiger partial charge is 0.496 e. The fourth-order valence-electron chi connectivity index (χ4n) is 3.97. The van der Waals surface area contributed by atoms with Crippen molar-refractivity contribution >= 4 is 17.3 Å². The zero-order chi connectivity index (χ0) is 23.2. The number of hydrogen-bond donors (Lipinski definition) is 2. The zero-order valence-corrected chi connectivity index (χ0v) is 19.4. The SMILES string of the molecule is C=CC1=C(/C=C\C)c2cnc(NCCc3ccc(CC)c(OC)c3)nc2-c2cccnc2N1. The van der Waals surface area contributed by atoms with Gasteiger partial charge in [0.25, 0.3) is 0 Å². The molecule has 1 aliphatic rings. The molecule has 0 saturated heterocycles. The van der Waals surface area contributed by atoms with E-state index < -0.39 is 0 Å². The molecular formula is C27H29N5O. The number of anilines is 2. The summed E-state index contributed by atoms with van der Waals surface area (Å²) in [6.45, 7) is 8.80. The minimum atomic E-state index is 0.586. The van der Waals surface area contributed by atoms with Crippen LogP contribution in [0.4, 0.5) is 11.8 Å². The number of hydrogen-bond acceptors (Lipinski definition) is 6. The van der Waals surface area contributed by atoms with Crippen molar-refractivity contribution in [3.63, 3.8) is 0 Å². The molecule has 0 amide bonds. The van der Waals surface area contributed by atoms with E-state index in [-0.39, 0.29) is 0 Å². The molecule has 0 radical (unpaired) electrons. The third kappa shape index (κ3) is 4.65. The maximum atomic E-state index is 5.52. The molecule has 1 aromatic carbocycles. The molecule has 0 bridgehead atoms. The lowest BCUT2D eigenvalue weighted by molar-refractivity contribution is 0.409. The standard InChI is InChI=1S/C27H29N5O/c1-5-9-20-22-17-30-27(29-15-13-18-11-12-19(6-2)24(16-18)33-4)32-25(22)21-10-8-14-28-26(21)31-23(20)7-3/h5,7-12,14,16-17H,3,6,13,15H2,1-2,4H3,(H,28,31)(H,29,30,32)/b9-5-. The van der Waals surface area contributed by atoms with Crippen LogP contribution in [-0.4, -0.2) is 28.6 Å². The van der Waals surface area contributed by atoms with Gasteiger partial charge in [0.1, 0.15) is 11.6 Å². The first-order chi connectivity index (χ1) is 16.2. The van der Waals surface area contributed by atoms with Gasteiger partial charge in [-0.25, -0.2) is 15.0 Å². The molecular weight excluding hydrogens is 410 g/mol. The molecule has 168 valence electrons. The molecule has 0 atom stereocenters. The topological polar surface area (TPSA) is 72.0 Å². The van der Waals surface area contributed by atoms with Crippen molar-refractivity contribution in [2.45, 2.75) is 26.7 Å². The van der Waals surface area contributed by atoms with E-state index in [0.717, 1.165) is 52.5 Å². The Bertz CT molecular complexity index is 1230. The summed E-state index contributed by atoms with van der Waals surface area (Å²) in [5, 5.41) is 6.77. The Hall–Kier alpha value is -3.93. The van der Waals surface area contributed by atoms with Gasteiger partial charge in [-0.3, -0.25) is 0 Å². The quantitative estimate of drug-likeness (QED) is 0.472. The number of methoxy groups -OCH3 is 1. The molecule has 0 saturated carbocycles. The molecule has 3 heterocycles. The summed E-state index contributed by atoms with van der Waals surface area (Å²) in [4.78, 5) is 14.0. The Morgan fingerprint density at radius 2 is 2.06 bits per heavy atom. The molecule has 2 aromatic heterocycles. The van der Waals surface area contributed by atoms with Crippen molar-refractivity contribution in [2.75, 3.05) is 24.3 Å². The van der Waals surface area contributed by atoms with Crippen LogP contribution in [0, 0.1) is 0 Å². The average molecular weight is 440 g/mol. The third-order valence-electron chi connectivity index (χ3n) is 5.65. The first kappa shape index (κ1) is 22.3. The van der Waals surface area contributed by atoms with E-state index in [1.807, 2.05) is 37.4 Å². The minimum Gasteiger partial charge on any atom is -0.496 e. The van der Waals surface area contributed by atoms with E-state index in [1.54, 1.807) is 19.4 Å². The highest BCUT2D eigenvalue weighted by Crippen LogP contribution is 2.37. The molecule has 0 fully saturated rings. The maximum Gasteiger partial charge on any atom is 0.223 e. The predicted molar refractivity (Wildman–Crippen MR) is 135 cm³/mol. The minimum absolute atomic E-state index is 0.586. The fourth-order valence-corrected chi connectivity index (χ4v) is 3.97. The number of aryl methyl sites for hydroxylation is 1. The van der Waals surface area contributed by atoms with Gasteiger partial charge in [-0.15, -0.1) is 0 Å². The lowest BCUT2D eigenvalue weighted by Gasteiger charge is -2.12. The van der Waals surface area contributed by atoms with Gasteiger partial charge in [0.15, 0.2) is 0 Å². The normalized spacial score (nSPS) is 12.6. The molecule has 6 heteroatoms. The van der Waals surface area contributed by atoms with Crippen molar-refractivity contribution in [3.05, 3.63) is 89.9 Å². The van der Waals surface area contributed by atoms with E-state index in [4.69, 9.17) is 9.72 Å². The second-order valence-electron chi connectivity index (χ2n) is 7.69. The molecule has 33 heavy (non-hydrogen) atoms. The van der Waals surface area contributed by atoms with E-state index in [1.165, 1.54) is 11.1 Å². The zero-order valence-electron chi connectivity index (χ0n) is 19.4. The Morgan fingerprint density at radius 3 is 2.82 bits per heavy atom. The Balaban J connectivity index is 1.62. The van der Waals surface area contributed by atoms with Crippen molar-refractivity contribution in [1.29, 1.82) is 0 Å².